The molecule has 0 bridgehead atoms. The van der Waals surface area contributed by atoms with Gasteiger partial charge in [-0.2, -0.15) is 0 Å². The molecule has 0 saturated heterocycles. The van der Waals surface area contributed by atoms with Crippen LogP contribution in [0.5, 0.6) is 0 Å². The number of hydrogen-bond donors (Lipinski definition) is 0. The summed E-state index contributed by atoms with van der Waals surface area (Å²) in [6.07, 6.45) is 0. The molecule has 0 saturated carbocycles. The van der Waals surface area contributed by atoms with Gasteiger partial charge in [-0.25, -0.2) is 0 Å². The molecular weight excluding hydrogens is 528 g/mol. The summed E-state index contributed by atoms with van der Waals surface area (Å²) >= 11 is 0. The number of benzene rings is 8. The van der Waals surface area contributed by atoms with E-state index in [0.29, 0.717) is 0 Å². The van der Waals surface area contributed by atoms with Crippen LogP contribution >= 0.6 is 0 Å². The van der Waals surface area contributed by atoms with Gasteiger partial charge in [-0.15, -0.1) is 0 Å². The first-order chi connectivity index (χ1) is 21.7. The van der Waals surface area contributed by atoms with E-state index in [1.54, 1.807) is 0 Å². The lowest BCUT2D eigenvalue weighted by Crippen LogP contribution is -1.93. The maximum Gasteiger partial charge on any atom is -0.00201 e. The van der Waals surface area contributed by atoms with E-state index in [2.05, 4.69) is 172 Å². The summed E-state index contributed by atoms with van der Waals surface area (Å²) in [5, 5.41) is 7.66. The molecule has 0 radical (unpaired) electrons. The van der Waals surface area contributed by atoms with Gasteiger partial charge in [-0.1, -0.05) is 169 Å². The third-order valence-electron chi connectivity index (χ3n) is 8.94. The van der Waals surface area contributed by atoms with E-state index in [9.17, 15) is 0 Å². The van der Waals surface area contributed by atoms with Gasteiger partial charge in [0.2, 0.25) is 0 Å². The second-order valence-corrected chi connectivity index (χ2v) is 11.8. The lowest BCUT2D eigenvalue weighted by Gasteiger charge is -2.20. The minimum atomic E-state index is 1.23. The third-order valence-corrected chi connectivity index (χ3v) is 8.94. The topological polar surface area (TPSA) is 0 Å². The molecule has 0 N–H and O–H groups in total. The molecule has 8 aromatic rings. The monoisotopic (exact) mass is 560 g/mol. The summed E-state index contributed by atoms with van der Waals surface area (Å²) in [5.74, 6) is 0. The van der Waals surface area contributed by atoms with Gasteiger partial charge in [0.15, 0.2) is 0 Å². The van der Waals surface area contributed by atoms with Crippen LogP contribution in [0, 0.1) is 13.8 Å². The zero-order valence-electron chi connectivity index (χ0n) is 25.0. The minimum Gasteiger partial charge on any atom is -0.0622 e. The smallest absolute Gasteiger partial charge is 0.00201 e. The van der Waals surface area contributed by atoms with Crippen LogP contribution in [0.25, 0.3) is 76.8 Å². The highest BCUT2D eigenvalue weighted by molar-refractivity contribution is 6.24. The molecule has 8 aromatic carbocycles. The van der Waals surface area contributed by atoms with Crippen molar-refractivity contribution in [1.29, 1.82) is 0 Å². The van der Waals surface area contributed by atoms with Crippen molar-refractivity contribution in [3.05, 3.63) is 169 Å². The van der Waals surface area contributed by atoms with Crippen LogP contribution in [0.15, 0.2) is 158 Å². The molecule has 0 heteroatoms. The van der Waals surface area contributed by atoms with Crippen LogP contribution in [-0.2, 0) is 0 Å². The van der Waals surface area contributed by atoms with Gasteiger partial charge in [-0.05, 0) is 90.7 Å². The maximum absolute atomic E-state index is 2.35. The quantitative estimate of drug-likeness (QED) is 0.188. The number of fused-ring (bicyclic) bond motifs is 3. The highest BCUT2D eigenvalue weighted by atomic mass is 14.2. The van der Waals surface area contributed by atoms with Gasteiger partial charge in [-0.3, -0.25) is 0 Å². The van der Waals surface area contributed by atoms with Crippen LogP contribution in [0.3, 0.4) is 0 Å². The predicted molar refractivity (Wildman–Crippen MR) is 190 cm³/mol. The molecule has 0 nitrogen and oxygen atoms in total. The first-order valence-electron chi connectivity index (χ1n) is 15.4. The van der Waals surface area contributed by atoms with E-state index in [0.717, 1.165) is 0 Å². The van der Waals surface area contributed by atoms with Crippen LogP contribution < -0.4 is 0 Å². The van der Waals surface area contributed by atoms with Crippen molar-refractivity contribution < 1.29 is 0 Å². The predicted octanol–water partition coefficient (Wildman–Crippen LogP) is 12.4. The molecule has 0 amide bonds. The molecule has 0 atom stereocenters. The molecule has 0 fully saturated rings. The van der Waals surface area contributed by atoms with Gasteiger partial charge < -0.3 is 0 Å². The average Bonchev–Trinajstić information content (AvgIpc) is 3.07. The molecule has 208 valence electrons. The van der Waals surface area contributed by atoms with E-state index in [4.69, 9.17) is 0 Å². The van der Waals surface area contributed by atoms with E-state index >= 15 is 0 Å². The molecular formula is C44H32. The number of rotatable bonds is 4. The molecule has 0 spiro atoms. The van der Waals surface area contributed by atoms with Gasteiger partial charge in [0.05, 0.1) is 0 Å². The Labute approximate surface area is 258 Å². The van der Waals surface area contributed by atoms with Crippen molar-refractivity contribution in [3.8, 4) is 44.5 Å². The maximum atomic E-state index is 2.35. The van der Waals surface area contributed by atoms with Crippen LogP contribution in [0.1, 0.15) is 11.1 Å². The van der Waals surface area contributed by atoms with Crippen molar-refractivity contribution in [3.63, 3.8) is 0 Å². The summed E-state index contributed by atoms with van der Waals surface area (Å²) in [4.78, 5) is 0. The van der Waals surface area contributed by atoms with E-state index in [1.165, 1.54) is 88.0 Å². The molecule has 0 aliphatic heterocycles. The highest BCUT2D eigenvalue weighted by Gasteiger charge is 2.19. The van der Waals surface area contributed by atoms with Gasteiger partial charge in [0.1, 0.15) is 0 Å². The average molecular weight is 561 g/mol. The van der Waals surface area contributed by atoms with Crippen LogP contribution in [0.2, 0.25) is 0 Å². The highest BCUT2D eigenvalue weighted by Crippen LogP contribution is 2.47. The van der Waals surface area contributed by atoms with E-state index in [1.807, 2.05) is 0 Å². The summed E-state index contributed by atoms with van der Waals surface area (Å²) in [5.41, 5.74) is 12.7. The lowest BCUT2D eigenvalue weighted by atomic mass is 9.83. The lowest BCUT2D eigenvalue weighted by molar-refractivity contribution is 1.39. The fourth-order valence-electron chi connectivity index (χ4n) is 7.19. The fourth-order valence-corrected chi connectivity index (χ4v) is 7.19. The first-order valence-corrected chi connectivity index (χ1v) is 15.4. The Morgan fingerprint density at radius 3 is 1.30 bits per heavy atom. The minimum absolute atomic E-state index is 1.23. The second-order valence-electron chi connectivity index (χ2n) is 11.8. The molecule has 8 rings (SSSR count). The Balaban J connectivity index is 1.45. The van der Waals surface area contributed by atoms with Gasteiger partial charge in [0.25, 0.3) is 0 Å². The Morgan fingerprint density at radius 1 is 0.273 bits per heavy atom. The summed E-state index contributed by atoms with van der Waals surface area (Å²) in [6, 6.07) is 57.9. The van der Waals surface area contributed by atoms with Crippen molar-refractivity contribution in [1.82, 2.24) is 0 Å². The Hall–Kier alpha value is -5.46. The van der Waals surface area contributed by atoms with E-state index in [-0.39, 0.29) is 0 Å². The van der Waals surface area contributed by atoms with Crippen molar-refractivity contribution in [2.24, 2.45) is 0 Å². The summed E-state index contributed by atoms with van der Waals surface area (Å²) < 4.78 is 0. The SMILES string of the molecule is Cc1cc(C)cc(-c2c3ccccc3c(-c3ccc(-c4ccccc4-c4ccccc4)c4ccccc34)c3ccccc23)c1. The van der Waals surface area contributed by atoms with Crippen LogP contribution in [-0.4, -0.2) is 0 Å². The second kappa shape index (κ2) is 10.7. The van der Waals surface area contributed by atoms with Crippen LogP contribution in [0.4, 0.5) is 0 Å². The first kappa shape index (κ1) is 26.2. The Bertz CT molecular complexity index is 2260. The van der Waals surface area contributed by atoms with Crippen molar-refractivity contribution in [2.45, 2.75) is 13.8 Å². The van der Waals surface area contributed by atoms with Gasteiger partial charge in [0, 0.05) is 0 Å². The van der Waals surface area contributed by atoms with Gasteiger partial charge >= 0.3 is 0 Å². The number of aryl methyl sites for hydroxylation is 2. The number of hydrogen-bond acceptors (Lipinski definition) is 0. The molecule has 44 heavy (non-hydrogen) atoms. The summed E-state index contributed by atoms with van der Waals surface area (Å²) in [6.45, 7) is 4.39. The molecule has 0 aliphatic rings. The molecule has 0 aromatic heterocycles. The molecule has 0 unspecified atom stereocenters. The fraction of sp³-hybridized carbons (Fsp3) is 0.0455. The normalized spacial score (nSPS) is 11.4. The van der Waals surface area contributed by atoms with Crippen molar-refractivity contribution in [2.75, 3.05) is 0 Å². The summed E-state index contributed by atoms with van der Waals surface area (Å²) in [7, 11) is 0. The standard InChI is InChI=1S/C44H32/c1-29-26-30(2)28-32(27-29)43-38-20-10-12-22-40(38)44(41-23-13-11-21-39(41)43)42-25-24-37(35-18-8-9-19-36(35)42)34-17-7-6-16-33(34)31-14-4-3-5-15-31/h3-28H,1-2H3. The van der Waals surface area contributed by atoms with E-state index < -0.39 is 0 Å². The van der Waals surface area contributed by atoms with Crippen molar-refractivity contribution >= 4 is 32.3 Å². The zero-order chi connectivity index (χ0) is 29.6. The Morgan fingerprint density at radius 2 is 0.705 bits per heavy atom. The third kappa shape index (κ3) is 4.31. The Kier molecular flexibility index (Phi) is 6.35. The molecule has 0 aliphatic carbocycles. The molecule has 0 heterocycles. The largest absolute Gasteiger partial charge is 0.0622 e. The zero-order valence-corrected chi connectivity index (χ0v) is 25.0.